The molecule has 0 bridgehead atoms. The second-order valence-electron chi connectivity index (χ2n) is 16.9. The maximum atomic E-state index is 4.88. The van der Waals surface area contributed by atoms with Crippen molar-refractivity contribution in [2.24, 2.45) is 0 Å². The second-order valence-corrected chi connectivity index (χ2v) is 16.9. The third-order valence-corrected chi connectivity index (χ3v) is 13.6. The molecule has 9 aromatic carbocycles. The van der Waals surface area contributed by atoms with Crippen molar-refractivity contribution in [1.29, 1.82) is 0 Å². The summed E-state index contributed by atoms with van der Waals surface area (Å²) in [6, 6.07) is 73.6. The first-order valence-electron chi connectivity index (χ1n) is 21.7. The third kappa shape index (κ3) is 4.87. The molecule has 2 aliphatic heterocycles. The van der Waals surface area contributed by atoms with Gasteiger partial charge in [-0.2, -0.15) is 0 Å². The Bertz CT molecular complexity index is 3590. The van der Waals surface area contributed by atoms with Crippen molar-refractivity contribution in [3.63, 3.8) is 0 Å². The monoisotopic (exact) mass is 798 g/mol. The summed E-state index contributed by atoms with van der Waals surface area (Å²) in [5.74, 6) is 0.705. The lowest BCUT2D eigenvalue weighted by Crippen LogP contribution is -2.59. The highest BCUT2D eigenvalue weighted by Crippen LogP contribution is 2.46. The smallest absolute Gasteiger partial charge is 0.252 e. The summed E-state index contributed by atoms with van der Waals surface area (Å²) in [6.45, 7) is -0.00990. The van der Waals surface area contributed by atoms with E-state index < -0.39 is 0 Å². The van der Waals surface area contributed by atoms with Gasteiger partial charge < -0.3 is 9.13 Å². The SMILES string of the molecule is c1ccc(-c2cc(-c3ccccc3)c3c4cccc5c4n(c3c2)-c2cc(-c3ncccn3)cc3c2B5c2cccc4c5c(-c6ccccc6)cc(-c6ccccc6)cc5n-3c24)cc1. The number of fused-ring (bicyclic) bond motifs is 10. The number of hydrogen-bond acceptors (Lipinski definition) is 2. The van der Waals surface area contributed by atoms with E-state index in [0.29, 0.717) is 5.82 Å². The van der Waals surface area contributed by atoms with Gasteiger partial charge in [-0.25, -0.2) is 9.97 Å². The van der Waals surface area contributed by atoms with Crippen LogP contribution in [0.2, 0.25) is 0 Å². The van der Waals surface area contributed by atoms with Crippen molar-refractivity contribution in [1.82, 2.24) is 19.1 Å². The molecule has 0 unspecified atom stereocenters. The highest BCUT2D eigenvalue weighted by Gasteiger charge is 2.41. The molecule has 0 radical (unpaired) electrons. The first kappa shape index (κ1) is 34.4. The molecule has 63 heavy (non-hydrogen) atoms. The van der Waals surface area contributed by atoms with Gasteiger partial charge in [-0.1, -0.05) is 158 Å². The lowest BCUT2D eigenvalue weighted by atomic mass is 9.34. The van der Waals surface area contributed by atoms with E-state index in [4.69, 9.17) is 9.97 Å². The molecule has 0 aliphatic carbocycles. The maximum Gasteiger partial charge on any atom is 0.252 e. The molecule has 12 aromatic rings. The highest BCUT2D eigenvalue weighted by molar-refractivity contribution is 7.00. The first-order valence-corrected chi connectivity index (χ1v) is 21.7. The molecule has 0 fully saturated rings. The van der Waals surface area contributed by atoms with Crippen LogP contribution in [0.3, 0.4) is 0 Å². The minimum atomic E-state index is -0.00990. The van der Waals surface area contributed by atoms with Crippen LogP contribution in [0.4, 0.5) is 0 Å². The molecule has 5 heteroatoms. The van der Waals surface area contributed by atoms with Gasteiger partial charge in [0, 0.05) is 61.9 Å². The van der Waals surface area contributed by atoms with Crippen LogP contribution in [-0.4, -0.2) is 25.8 Å². The van der Waals surface area contributed by atoms with Crippen molar-refractivity contribution < 1.29 is 0 Å². The zero-order chi connectivity index (χ0) is 41.2. The van der Waals surface area contributed by atoms with E-state index in [1.54, 1.807) is 0 Å². The van der Waals surface area contributed by atoms with Crippen LogP contribution in [-0.2, 0) is 0 Å². The van der Waals surface area contributed by atoms with Crippen LogP contribution in [0.25, 0.3) is 111 Å². The summed E-state index contributed by atoms with van der Waals surface area (Å²) in [5, 5.41) is 5.03. The van der Waals surface area contributed by atoms with E-state index in [-0.39, 0.29) is 6.71 Å². The predicted octanol–water partition coefficient (Wildman–Crippen LogP) is 12.1. The minimum absolute atomic E-state index is 0.00990. The maximum absolute atomic E-state index is 4.88. The highest BCUT2D eigenvalue weighted by atomic mass is 15.0. The minimum Gasteiger partial charge on any atom is -0.310 e. The largest absolute Gasteiger partial charge is 0.310 e. The summed E-state index contributed by atoms with van der Waals surface area (Å²) in [4.78, 5) is 9.76. The van der Waals surface area contributed by atoms with Gasteiger partial charge >= 0.3 is 0 Å². The Labute approximate surface area is 364 Å². The average molecular weight is 799 g/mol. The lowest BCUT2D eigenvalue weighted by Gasteiger charge is -2.34. The van der Waals surface area contributed by atoms with E-state index in [1.807, 2.05) is 18.5 Å². The number of benzene rings is 9. The molecular weight excluding hydrogens is 763 g/mol. The predicted molar refractivity (Wildman–Crippen MR) is 263 cm³/mol. The summed E-state index contributed by atoms with van der Waals surface area (Å²) >= 11 is 0. The Morgan fingerprint density at radius 1 is 0.349 bits per heavy atom. The van der Waals surface area contributed by atoms with Crippen LogP contribution in [0.5, 0.6) is 0 Å². The van der Waals surface area contributed by atoms with Crippen LogP contribution in [0.1, 0.15) is 0 Å². The van der Waals surface area contributed by atoms with Gasteiger partial charge in [-0.15, -0.1) is 0 Å². The van der Waals surface area contributed by atoms with Crippen LogP contribution < -0.4 is 16.4 Å². The first-order chi connectivity index (χ1) is 31.3. The van der Waals surface area contributed by atoms with Gasteiger partial charge in [0.1, 0.15) is 0 Å². The van der Waals surface area contributed by atoms with Gasteiger partial charge in [-0.3, -0.25) is 0 Å². The van der Waals surface area contributed by atoms with Crippen LogP contribution in [0, 0.1) is 0 Å². The van der Waals surface area contributed by atoms with Gasteiger partial charge in [0.15, 0.2) is 5.82 Å². The Morgan fingerprint density at radius 3 is 1.22 bits per heavy atom. The quantitative estimate of drug-likeness (QED) is 0.163. The average Bonchev–Trinajstić information content (AvgIpc) is 3.89. The van der Waals surface area contributed by atoms with Crippen molar-refractivity contribution in [2.45, 2.75) is 0 Å². The van der Waals surface area contributed by atoms with E-state index in [0.717, 1.165) is 16.9 Å². The zero-order valence-electron chi connectivity index (χ0n) is 34.1. The normalized spacial score (nSPS) is 12.4. The number of hydrogen-bond donors (Lipinski definition) is 0. The number of para-hydroxylation sites is 2. The molecule has 0 spiro atoms. The summed E-state index contributed by atoms with van der Waals surface area (Å²) < 4.78 is 5.14. The van der Waals surface area contributed by atoms with Gasteiger partial charge in [0.25, 0.3) is 6.71 Å². The summed E-state index contributed by atoms with van der Waals surface area (Å²) in [7, 11) is 0. The molecular formula is C58H35BN4. The topological polar surface area (TPSA) is 35.6 Å². The van der Waals surface area contributed by atoms with Gasteiger partial charge in [0.05, 0.1) is 11.0 Å². The molecule has 0 saturated heterocycles. The third-order valence-electron chi connectivity index (χ3n) is 13.6. The molecule has 0 saturated carbocycles. The van der Waals surface area contributed by atoms with Crippen molar-refractivity contribution in [2.75, 3.05) is 0 Å². The molecule has 290 valence electrons. The Balaban J connectivity index is 1.18. The molecule has 0 N–H and O–H groups in total. The zero-order valence-corrected chi connectivity index (χ0v) is 34.1. The Kier molecular flexibility index (Phi) is 7.17. The summed E-state index contributed by atoms with van der Waals surface area (Å²) in [5.41, 5.74) is 21.7. The number of rotatable bonds is 5. The summed E-state index contributed by atoms with van der Waals surface area (Å²) in [6.07, 6.45) is 3.70. The second kappa shape index (κ2) is 13.1. The van der Waals surface area contributed by atoms with Crippen molar-refractivity contribution >= 4 is 66.7 Å². The number of nitrogens with zero attached hydrogens (tertiary/aromatic N) is 4. The molecule has 4 nitrogen and oxygen atoms in total. The number of aromatic nitrogens is 4. The van der Waals surface area contributed by atoms with E-state index >= 15 is 0 Å². The lowest BCUT2D eigenvalue weighted by molar-refractivity contribution is 1.13. The van der Waals surface area contributed by atoms with Crippen LogP contribution in [0.15, 0.2) is 213 Å². The van der Waals surface area contributed by atoms with E-state index in [1.165, 1.54) is 105 Å². The van der Waals surface area contributed by atoms with Crippen molar-refractivity contribution in [3.05, 3.63) is 213 Å². The molecule has 2 aliphatic rings. The van der Waals surface area contributed by atoms with Crippen LogP contribution >= 0.6 is 0 Å². The molecule has 0 amide bonds. The van der Waals surface area contributed by atoms with Crippen molar-refractivity contribution in [3.8, 4) is 67.3 Å². The van der Waals surface area contributed by atoms with Gasteiger partial charge in [0.2, 0.25) is 0 Å². The Hall–Kier alpha value is -8.28. The standard InChI is InChI=1S/C58H35BN4/c1-5-16-36(17-6-1)40-30-45(38-20-9-3-10-21-38)53-43-24-13-26-47-56(43)62(49(53)32-40)51-34-42(58-60-28-15-29-61-58)35-52-55(51)59(47)48-27-14-25-44-54-46(39-22-11-4-12-23-39)31-41(37-18-7-2-8-19-37)33-50(54)63(52)57(44)48/h1-35H. The van der Waals surface area contributed by atoms with Gasteiger partial charge in [-0.05, 0) is 103 Å². The molecule has 0 atom stereocenters. The fourth-order valence-corrected chi connectivity index (χ4v) is 11.0. The van der Waals surface area contributed by atoms with E-state index in [2.05, 4.69) is 203 Å². The fraction of sp³-hybridized carbons (Fsp3) is 0. The molecule has 3 aromatic heterocycles. The molecule has 5 heterocycles. The Morgan fingerprint density at radius 2 is 0.778 bits per heavy atom. The fourth-order valence-electron chi connectivity index (χ4n) is 11.0. The molecule has 14 rings (SSSR count). The van der Waals surface area contributed by atoms with E-state index in [9.17, 15) is 0 Å².